The first-order chi connectivity index (χ1) is 12.6. The Morgan fingerprint density at radius 3 is 2.62 bits per heavy atom. The summed E-state index contributed by atoms with van der Waals surface area (Å²) in [5.74, 6) is 1.71. The zero-order valence-electron chi connectivity index (χ0n) is 13.9. The molecule has 3 rings (SSSR count). The molecule has 0 aliphatic heterocycles. The lowest BCUT2D eigenvalue weighted by Crippen LogP contribution is -2.19. The Balaban J connectivity index is 1.61. The number of thiocarbonyl (C=S) groups is 1. The highest BCUT2D eigenvalue weighted by Crippen LogP contribution is 2.23. The summed E-state index contributed by atoms with van der Waals surface area (Å²) < 4.78 is 5.76. The minimum Gasteiger partial charge on any atom is -0.457 e. The van der Waals surface area contributed by atoms with E-state index in [0.29, 0.717) is 22.3 Å². The second-order valence-electron chi connectivity index (χ2n) is 5.25. The van der Waals surface area contributed by atoms with Gasteiger partial charge in [0.2, 0.25) is 0 Å². The third kappa shape index (κ3) is 4.58. The molecule has 0 bridgehead atoms. The number of hydrogen-bond acceptors (Lipinski definition) is 4. The summed E-state index contributed by atoms with van der Waals surface area (Å²) in [5.41, 5.74) is 1.12. The average molecular weight is 367 g/mol. The zero-order valence-corrected chi connectivity index (χ0v) is 14.8. The molecule has 2 heterocycles. The summed E-state index contributed by atoms with van der Waals surface area (Å²) in [4.78, 5) is 18.6. The summed E-state index contributed by atoms with van der Waals surface area (Å²) >= 11 is 5.25. The van der Waals surface area contributed by atoms with E-state index in [0.717, 1.165) is 11.5 Å². The topological polar surface area (TPSA) is 91.1 Å². The maximum atomic E-state index is 11.6. The molecule has 0 radical (unpaired) electrons. The third-order valence-corrected chi connectivity index (χ3v) is 3.59. The van der Waals surface area contributed by atoms with Crippen LogP contribution in [0.2, 0.25) is 0 Å². The molecular weight excluding hydrogens is 350 g/mol. The van der Waals surface area contributed by atoms with Crippen LogP contribution in [0.1, 0.15) is 10.5 Å². The predicted molar refractivity (Wildman–Crippen MR) is 105 cm³/mol. The van der Waals surface area contributed by atoms with E-state index < -0.39 is 0 Å². The summed E-state index contributed by atoms with van der Waals surface area (Å²) in [6.45, 7) is 0. The van der Waals surface area contributed by atoms with E-state index in [4.69, 9.17) is 17.0 Å². The van der Waals surface area contributed by atoms with E-state index in [1.165, 1.54) is 6.20 Å². The van der Waals surface area contributed by atoms with Gasteiger partial charge < -0.3 is 25.7 Å². The average Bonchev–Trinajstić information content (AvgIpc) is 3.16. The molecule has 0 aliphatic rings. The lowest BCUT2D eigenvalue weighted by Gasteiger charge is -2.10. The quantitative estimate of drug-likeness (QED) is 0.517. The van der Waals surface area contributed by atoms with Gasteiger partial charge in [0, 0.05) is 31.2 Å². The van der Waals surface area contributed by atoms with Gasteiger partial charge >= 0.3 is 0 Å². The first kappa shape index (κ1) is 17.4. The molecule has 0 saturated carbocycles. The minimum absolute atomic E-state index is 0.266. The van der Waals surface area contributed by atoms with Crippen LogP contribution in [-0.4, -0.2) is 28.0 Å². The summed E-state index contributed by atoms with van der Waals surface area (Å²) in [6, 6.07) is 14.3. The van der Waals surface area contributed by atoms with E-state index in [2.05, 4.69) is 25.9 Å². The van der Waals surface area contributed by atoms with Crippen molar-refractivity contribution >= 4 is 34.7 Å². The Labute approximate surface area is 155 Å². The van der Waals surface area contributed by atoms with Gasteiger partial charge in [0.15, 0.2) is 5.11 Å². The van der Waals surface area contributed by atoms with Crippen molar-refractivity contribution < 1.29 is 9.53 Å². The largest absolute Gasteiger partial charge is 0.457 e. The second-order valence-corrected chi connectivity index (χ2v) is 5.65. The van der Waals surface area contributed by atoms with Crippen molar-refractivity contribution in [2.24, 2.45) is 0 Å². The number of carbonyl (C=O) groups excluding carboxylic acids is 1. The number of carbonyl (C=O) groups is 1. The number of ether oxygens (including phenoxy) is 1. The first-order valence-electron chi connectivity index (χ1n) is 7.81. The van der Waals surface area contributed by atoms with Crippen molar-refractivity contribution in [1.29, 1.82) is 0 Å². The molecule has 1 aromatic carbocycles. The SMILES string of the molecule is CNC(=O)c1cc(Oc2ccc(NC(=S)Nc3ccc[nH]3)cc2)ccn1. The molecule has 8 heteroatoms. The van der Waals surface area contributed by atoms with E-state index in [-0.39, 0.29) is 5.91 Å². The molecule has 1 amide bonds. The van der Waals surface area contributed by atoms with Crippen LogP contribution in [0.25, 0.3) is 0 Å². The van der Waals surface area contributed by atoms with Crippen LogP contribution in [0.4, 0.5) is 11.5 Å². The van der Waals surface area contributed by atoms with Gasteiger partial charge in [-0.2, -0.15) is 0 Å². The van der Waals surface area contributed by atoms with Gasteiger partial charge in [-0.25, -0.2) is 0 Å². The fraction of sp³-hybridized carbons (Fsp3) is 0.0556. The van der Waals surface area contributed by atoms with Crippen molar-refractivity contribution in [2.75, 3.05) is 17.7 Å². The summed E-state index contributed by atoms with van der Waals surface area (Å²) in [6.07, 6.45) is 3.34. The summed E-state index contributed by atoms with van der Waals surface area (Å²) in [5, 5.41) is 9.13. The number of rotatable bonds is 5. The normalized spacial score (nSPS) is 10.0. The van der Waals surface area contributed by atoms with Crippen molar-refractivity contribution in [3.05, 3.63) is 66.6 Å². The van der Waals surface area contributed by atoms with Crippen molar-refractivity contribution in [3.63, 3.8) is 0 Å². The zero-order chi connectivity index (χ0) is 18.4. The lowest BCUT2D eigenvalue weighted by molar-refractivity contribution is 0.0958. The maximum Gasteiger partial charge on any atom is 0.269 e. The molecular formula is C18H17N5O2S. The number of amides is 1. The van der Waals surface area contributed by atoms with Crippen molar-refractivity contribution in [3.8, 4) is 11.5 Å². The molecule has 0 spiro atoms. The Bertz CT molecular complexity index is 894. The number of nitrogens with zero attached hydrogens (tertiary/aromatic N) is 1. The summed E-state index contributed by atoms with van der Waals surface area (Å²) in [7, 11) is 1.55. The molecule has 7 nitrogen and oxygen atoms in total. The smallest absolute Gasteiger partial charge is 0.269 e. The number of nitrogens with one attached hydrogen (secondary N) is 4. The van der Waals surface area contributed by atoms with Gasteiger partial charge in [-0.1, -0.05) is 0 Å². The van der Waals surface area contributed by atoms with Crippen LogP contribution in [0.3, 0.4) is 0 Å². The van der Waals surface area contributed by atoms with E-state index >= 15 is 0 Å². The Hall–Kier alpha value is -3.39. The molecule has 0 atom stereocenters. The fourth-order valence-electron chi connectivity index (χ4n) is 2.16. The van der Waals surface area contributed by atoms with E-state index in [1.807, 2.05) is 30.5 Å². The van der Waals surface area contributed by atoms with Gasteiger partial charge in [-0.05, 0) is 54.7 Å². The number of pyridine rings is 1. The van der Waals surface area contributed by atoms with Gasteiger partial charge in [-0.3, -0.25) is 9.78 Å². The predicted octanol–water partition coefficient (Wildman–Crippen LogP) is 3.37. The van der Waals surface area contributed by atoms with E-state index in [9.17, 15) is 4.79 Å². The Morgan fingerprint density at radius 1 is 1.12 bits per heavy atom. The molecule has 26 heavy (non-hydrogen) atoms. The lowest BCUT2D eigenvalue weighted by atomic mass is 10.3. The molecule has 0 aliphatic carbocycles. The number of benzene rings is 1. The van der Waals surface area contributed by atoms with Crippen LogP contribution in [0, 0.1) is 0 Å². The Morgan fingerprint density at radius 2 is 1.92 bits per heavy atom. The van der Waals surface area contributed by atoms with Crippen LogP contribution >= 0.6 is 12.2 Å². The molecule has 0 saturated heterocycles. The van der Waals surface area contributed by atoms with Crippen LogP contribution in [-0.2, 0) is 0 Å². The number of H-pyrrole nitrogens is 1. The van der Waals surface area contributed by atoms with Crippen LogP contribution in [0.5, 0.6) is 11.5 Å². The van der Waals surface area contributed by atoms with Gasteiger partial charge in [0.1, 0.15) is 23.0 Å². The molecule has 3 aromatic rings. The standard InChI is InChI=1S/C18H17N5O2S/c1-19-17(24)15-11-14(8-10-20-15)25-13-6-4-12(5-7-13)22-18(26)23-16-3-2-9-21-16/h2-11,21H,1H3,(H,19,24)(H2,22,23,26). The molecule has 2 aromatic heterocycles. The fourth-order valence-corrected chi connectivity index (χ4v) is 2.39. The number of aromatic amines is 1. The number of hydrogen-bond donors (Lipinski definition) is 4. The number of anilines is 2. The van der Waals surface area contributed by atoms with Crippen molar-refractivity contribution in [1.82, 2.24) is 15.3 Å². The van der Waals surface area contributed by atoms with Gasteiger partial charge in [0.05, 0.1) is 0 Å². The first-order valence-corrected chi connectivity index (χ1v) is 8.22. The monoisotopic (exact) mass is 367 g/mol. The minimum atomic E-state index is -0.266. The second kappa shape index (κ2) is 8.13. The van der Waals surface area contributed by atoms with Crippen LogP contribution in [0.15, 0.2) is 60.9 Å². The highest BCUT2D eigenvalue weighted by Gasteiger charge is 2.07. The molecule has 132 valence electrons. The van der Waals surface area contributed by atoms with Crippen LogP contribution < -0.4 is 20.7 Å². The van der Waals surface area contributed by atoms with Gasteiger partial charge in [-0.15, -0.1) is 0 Å². The molecule has 0 fully saturated rings. The highest BCUT2D eigenvalue weighted by molar-refractivity contribution is 7.80. The third-order valence-electron chi connectivity index (χ3n) is 3.39. The van der Waals surface area contributed by atoms with Crippen molar-refractivity contribution in [2.45, 2.75) is 0 Å². The highest BCUT2D eigenvalue weighted by atomic mass is 32.1. The number of aromatic nitrogens is 2. The van der Waals surface area contributed by atoms with Gasteiger partial charge in [0.25, 0.3) is 5.91 Å². The maximum absolute atomic E-state index is 11.6. The molecule has 0 unspecified atom stereocenters. The van der Waals surface area contributed by atoms with E-state index in [1.54, 1.807) is 31.3 Å². The molecule has 4 N–H and O–H groups in total. The Kier molecular flexibility index (Phi) is 5.45.